The van der Waals surface area contributed by atoms with Crippen molar-refractivity contribution in [2.45, 2.75) is 58.7 Å². The molecule has 0 aliphatic rings. The van der Waals surface area contributed by atoms with Crippen LogP contribution in [0.1, 0.15) is 46.1 Å². The molecule has 25 heavy (non-hydrogen) atoms. The Bertz CT molecular complexity index is 668. The Morgan fingerprint density at radius 1 is 1.28 bits per heavy atom. The van der Waals surface area contributed by atoms with Crippen LogP contribution in [0.4, 0.5) is 0 Å². The van der Waals surface area contributed by atoms with Crippen LogP contribution >= 0.6 is 27.5 Å². The molecule has 0 saturated heterocycles. The minimum Gasteiger partial charge on any atom is -0.543 e. The lowest BCUT2D eigenvalue weighted by Crippen LogP contribution is -2.44. The van der Waals surface area contributed by atoms with Gasteiger partial charge in [-0.2, -0.15) is 0 Å². The summed E-state index contributed by atoms with van der Waals surface area (Å²) in [6, 6.07) is 3.31. The minimum atomic E-state index is -2.20. The Balaban J connectivity index is 3.54. The molecule has 0 heterocycles. The maximum absolute atomic E-state index is 12.4. The van der Waals surface area contributed by atoms with E-state index in [9.17, 15) is 9.59 Å². The van der Waals surface area contributed by atoms with Crippen LogP contribution in [0.15, 0.2) is 16.6 Å². The molecule has 0 aromatic heterocycles. The summed E-state index contributed by atoms with van der Waals surface area (Å²) in [7, 11) is -2.20. The van der Waals surface area contributed by atoms with E-state index in [-0.39, 0.29) is 17.4 Å². The van der Waals surface area contributed by atoms with Gasteiger partial charge in [-0.15, -0.1) is 0 Å². The Hall–Kier alpha value is -0.853. The van der Waals surface area contributed by atoms with Crippen LogP contribution < -0.4 is 4.43 Å². The maximum atomic E-state index is 12.4. The van der Waals surface area contributed by atoms with E-state index >= 15 is 0 Å². The lowest BCUT2D eigenvalue weighted by molar-refractivity contribution is -0.147. The number of benzene rings is 1. The van der Waals surface area contributed by atoms with E-state index in [1.165, 1.54) is 6.92 Å². The van der Waals surface area contributed by atoms with Crippen molar-refractivity contribution in [1.29, 1.82) is 0 Å². The highest BCUT2D eigenvalue weighted by Gasteiger charge is 2.41. The van der Waals surface area contributed by atoms with Crippen molar-refractivity contribution in [1.82, 2.24) is 0 Å². The van der Waals surface area contributed by atoms with Gasteiger partial charge in [0.2, 0.25) is 0 Å². The molecule has 1 aromatic carbocycles. The predicted molar refractivity (Wildman–Crippen MR) is 107 cm³/mol. The molecule has 0 N–H and O–H groups in total. The monoisotopic (exact) mass is 448 g/mol. The van der Waals surface area contributed by atoms with Crippen molar-refractivity contribution >= 4 is 47.6 Å². The Morgan fingerprint density at radius 2 is 1.84 bits per heavy atom. The first-order valence-corrected chi connectivity index (χ1v) is 12.2. The van der Waals surface area contributed by atoms with Crippen LogP contribution in [0.25, 0.3) is 0 Å². The fourth-order valence-electron chi connectivity index (χ4n) is 2.05. The first-order chi connectivity index (χ1) is 11.3. The zero-order chi connectivity index (χ0) is 19.6. The molecular weight excluding hydrogens is 424 g/mol. The highest BCUT2D eigenvalue weighted by molar-refractivity contribution is 9.10. The number of carbonyl (C=O) groups is 2. The van der Waals surface area contributed by atoms with E-state index in [1.54, 1.807) is 19.1 Å². The maximum Gasteiger partial charge on any atom is 0.321 e. The quantitative estimate of drug-likeness (QED) is 0.316. The molecule has 1 aromatic rings. The second-order valence-electron chi connectivity index (χ2n) is 7.46. The molecule has 140 valence electrons. The Morgan fingerprint density at radius 3 is 2.28 bits per heavy atom. The molecule has 4 nitrogen and oxygen atoms in total. The molecule has 1 unspecified atom stereocenters. The third kappa shape index (κ3) is 5.31. The molecule has 0 amide bonds. The molecule has 0 radical (unpaired) electrons. The van der Waals surface area contributed by atoms with E-state index in [2.05, 4.69) is 49.8 Å². The van der Waals surface area contributed by atoms with Crippen LogP contribution in [0.3, 0.4) is 0 Å². The van der Waals surface area contributed by atoms with Gasteiger partial charge in [-0.05, 0) is 60.0 Å². The number of halogens is 2. The molecule has 1 rings (SSSR count). The molecular formula is C18H26BrClO4Si. The predicted octanol–water partition coefficient (Wildman–Crippen LogP) is 5.72. The summed E-state index contributed by atoms with van der Waals surface area (Å²) in [5.41, 5.74) is 0.440. The number of Topliss-reactive ketones (excluding diaryl/α,β-unsaturated/α-hetero) is 1. The van der Waals surface area contributed by atoms with Gasteiger partial charge in [0.1, 0.15) is 17.5 Å². The van der Waals surface area contributed by atoms with Gasteiger partial charge in [0.15, 0.2) is 0 Å². The number of ether oxygens (including phenoxy) is 1. The second-order valence-corrected chi connectivity index (χ2v) is 13.5. The summed E-state index contributed by atoms with van der Waals surface area (Å²) in [6.07, 6.45) is 0. The molecule has 0 fully saturated rings. The largest absolute Gasteiger partial charge is 0.543 e. The first kappa shape index (κ1) is 22.2. The number of hydrogen-bond acceptors (Lipinski definition) is 4. The van der Waals surface area contributed by atoms with E-state index in [0.29, 0.717) is 20.8 Å². The van der Waals surface area contributed by atoms with Gasteiger partial charge >= 0.3 is 5.97 Å². The molecule has 0 aliphatic heterocycles. The van der Waals surface area contributed by atoms with E-state index < -0.39 is 20.2 Å². The molecule has 0 bridgehead atoms. The van der Waals surface area contributed by atoms with Crippen molar-refractivity contribution in [2.75, 3.05) is 6.61 Å². The highest BCUT2D eigenvalue weighted by Crippen LogP contribution is 2.43. The summed E-state index contributed by atoms with van der Waals surface area (Å²) in [6.45, 7) is 13.8. The van der Waals surface area contributed by atoms with Gasteiger partial charge < -0.3 is 9.16 Å². The normalized spacial score (nSPS) is 13.3. The van der Waals surface area contributed by atoms with Crippen molar-refractivity contribution in [3.8, 4) is 5.75 Å². The zero-order valence-corrected chi connectivity index (χ0v) is 19.2. The Labute approximate surface area is 164 Å². The number of ketones is 1. The molecule has 7 heteroatoms. The fraction of sp³-hybridized carbons (Fsp3) is 0.556. The number of rotatable bonds is 6. The number of carbonyl (C=O) groups excluding carboxylic acids is 2. The lowest BCUT2D eigenvalue weighted by atomic mass is 9.94. The van der Waals surface area contributed by atoms with Crippen LogP contribution in [0.5, 0.6) is 5.75 Å². The lowest BCUT2D eigenvalue weighted by Gasteiger charge is -2.37. The molecule has 1 atom stereocenters. The van der Waals surface area contributed by atoms with Gasteiger partial charge in [0, 0.05) is 10.6 Å². The standard InChI is InChI=1S/C18H26BrClO4Si/c1-8-23-17(22)15(11(2)21)13-9-12(20)10-14(19)16(13)24-25(6,7)18(3,4)5/h9-10,15H,8H2,1-7H3. The zero-order valence-electron chi connectivity index (χ0n) is 15.8. The average molecular weight is 450 g/mol. The van der Waals surface area contributed by atoms with Crippen LogP contribution in [0.2, 0.25) is 23.2 Å². The third-order valence-electron chi connectivity index (χ3n) is 4.44. The minimum absolute atomic E-state index is 0.0427. The van der Waals surface area contributed by atoms with Crippen molar-refractivity contribution in [2.24, 2.45) is 0 Å². The van der Waals surface area contributed by atoms with Crippen LogP contribution in [0, 0.1) is 0 Å². The Kier molecular flexibility index (Phi) is 7.30. The number of esters is 1. The molecule has 0 spiro atoms. The van der Waals surface area contributed by atoms with Crippen LogP contribution in [-0.4, -0.2) is 26.7 Å². The summed E-state index contributed by atoms with van der Waals surface area (Å²) >= 11 is 9.65. The first-order valence-electron chi connectivity index (χ1n) is 8.17. The van der Waals surface area contributed by atoms with Gasteiger partial charge in [-0.3, -0.25) is 9.59 Å². The third-order valence-corrected chi connectivity index (χ3v) is 9.57. The summed E-state index contributed by atoms with van der Waals surface area (Å²) < 4.78 is 12.1. The van der Waals surface area contributed by atoms with Gasteiger partial charge in [0.05, 0.1) is 11.1 Å². The molecule has 0 saturated carbocycles. The second kappa shape index (κ2) is 8.23. The molecule has 0 aliphatic carbocycles. The summed E-state index contributed by atoms with van der Waals surface area (Å²) in [4.78, 5) is 24.6. The van der Waals surface area contributed by atoms with Gasteiger partial charge in [0.25, 0.3) is 8.32 Å². The highest BCUT2D eigenvalue weighted by atomic mass is 79.9. The number of hydrogen-bond donors (Lipinski definition) is 0. The topological polar surface area (TPSA) is 52.6 Å². The van der Waals surface area contributed by atoms with Crippen LogP contribution in [-0.2, 0) is 14.3 Å². The summed E-state index contributed by atoms with van der Waals surface area (Å²) in [5.74, 6) is -1.48. The SMILES string of the molecule is CCOC(=O)C(C(C)=O)c1cc(Cl)cc(Br)c1O[Si](C)(C)C(C)(C)C. The smallest absolute Gasteiger partial charge is 0.321 e. The van der Waals surface area contributed by atoms with Crippen molar-refractivity contribution in [3.05, 3.63) is 27.2 Å². The van der Waals surface area contributed by atoms with E-state index in [4.69, 9.17) is 20.8 Å². The van der Waals surface area contributed by atoms with E-state index in [0.717, 1.165) is 0 Å². The average Bonchev–Trinajstić information content (AvgIpc) is 2.41. The van der Waals surface area contributed by atoms with Gasteiger partial charge in [-0.1, -0.05) is 32.4 Å². The van der Waals surface area contributed by atoms with Crippen molar-refractivity contribution < 1.29 is 18.8 Å². The fourth-order valence-corrected chi connectivity index (χ4v) is 4.16. The van der Waals surface area contributed by atoms with E-state index in [1.807, 2.05) is 0 Å². The van der Waals surface area contributed by atoms with Crippen molar-refractivity contribution in [3.63, 3.8) is 0 Å². The summed E-state index contributed by atoms with van der Waals surface area (Å²) in [5, 5.41) is 0.374. The van der Waals surface area contributed by atoms with Gasteiger partial charge in [-0.25, -0.2) is 0 Å².